The lowest BCUT2D eigenvalue weighted by Crippen LogP contribution is -2.21. The van der Waals surface area contributed by atoms with Gasteiger partial charge in [-0.15, -0.1) is 0 Å². The summed E-state index contributed by atoms with van der Waals surface area (Å²) >= 11 is 0. The Labute approximate surface area is 175 Å². The van der Waals surface area contributed by atoms with Crippen molar-refractivity contribution >= 4 is 16.9 Å². The molecule has 1 N–H and O–H groups in total. The van der Waals surface area contributed by atoms with Crippen LogP contribution in [0.3, 0.4) is 0 Å². The minimum atomic E-state index is -0.0544. The zero-order valence-electron chi connectivity index (χ0n) is 17.4. The fraction of sp³-hybridized carbons (Fsp3) is 0.167. The number of para-hydroxylation sites is 1. The molecule has 0 spiro atoms. The lowest BCUT2D eigenvalue weighted by molar-refractivity contribution is 0.0827. The Hall–Kier alpha value is -3.80. The minimum absolute atomic E-state index is 0.0544. The lowest BCUT2D eigenvalue weighted by Gasteiger charge is -2.14. The molecule has 0 bridgehead atoms. The molecule has 0 aliphatic carbocycles. The number of aromatic amines is 1. The van der Waals surface area contributed by atoms with Crippen LogP contribution in [0.5, 0.6) is 11.5 Å². The summed E-state index contributed by atoms with van der Waals surface area (Å²) in [5.74, 6) is 1.40. The first-order valence-electron chi connectivity index (χ1n) is 9.54. The predicted molar refractivity (Wildman–Crippen MR) is 118 cm³/mol. The van der Waals surface area contributed by atoms with Crippen molar-refractivity contribution in [3.8, 4) is 33.8 Å². The fourth-order valence-corrected chi connectivity index (χ4v) is 3.64. The standard InChI is InChI=1S/C24H23N3O3/c1-27(2)24(28)16-9-7-8-15(12-16)18-13-25-23-21(22(18)30-4)19(14-26-23)17-10-5-6-11-20(17)29-3/h5-14H,1-4H3,(H,25,26). The van der Waals surface area contributed by atoms with Gasteiger partial charge in [0.2, 0.25) is 0 Å². The van der Waals surface area contributed by atoms with E-state index in [0.29, 0.717) is 11.3 Å². The van der Waals surface area contributed by atoms with Crippen molar-refractivity contribution in [1.82, 2.24) is 14.9 Å². The number of carbonyl (C=O) groups excluding carboxylic acids is 1. The van der Waals surface area contributed by atoms with Crippen LogP contribution in [0.4, 0.5) is 0 Å². The van der Waals surface area contributed by atoms with Gasteiger partial charge in [0.15, 0.2) is 0 Å². The summed E-state index contributed by atoms with van der Waals surface area (Å²) in [6, 6.07) is 15.3. The summed E-state index contributed by atoms with van der Waals surface area (Å²) in [6.07, 6.45) is 3.68. The highest BCUT2D eigenvalue weighted by atomic mass is 16.5. The number of hydrogen-bond acceptors (Lipinski definition) is 4. The van der Waals surface area contributed by atoms with Crippen LogP contribution in [0.1, 0.15) is 10.4 Å². The summed E-state index contributed by atoms with van der Waals surface area (Å²) in [5.41, 5.74) is 4.89. The van der Waals surface area contributed by atoms with E-state index in [4.69, 9.17) is 9.47 Å². The molecule has 0 saturated carbocycles. The number of nitrogens with zero attached hydrogens (tertiary/aromatic N) is 2. The maximum atomic E-state index is 12.4. The predicted octanol–water partition coefficient (Wildman–Crippen LogP) is 4.62. The Kier molecular flexibility index (Phi) is 5.14. The molecule has 0 atom stereocenters. The van der Waals surface area contributed by atoms with E-state index in [1.54, 1.807) is 45.5 Å². The van der Waals surface area contributed by atoms with E-state index in [2.05, 4.69) is 9.97 Å². The van der Waals surface area contributed by atoms with Crippen LogP contribution in [0.2, 0.25) is 0 Å². The Bertz CT molecular complexity index is 1230. The quantitative estimate of drug-likeness (QED) is 0.530. The van der Waals surface area contributed by atoms with Crippen LogP contribution >= 0.6 is 0 Å². The average Bonchev–Trinajstić information content (AvgIpc) is 3.22. The maximum absolute atomic E-state index is 12.4. The van der Waals surface area contributed by atoms with Crippen molar-refractivity contribution in [2.45, 2.75) is 0 Å². The van der Waals surface area contributed by atoms with Crippen molar-refractivity contribution in [3.05, 3.63) is 66.5 Å². The smallest absolute Gasteiger partial charge is 0.253 e. The van der Waals surface area contributed by atoms with Crippen LogP contribution < -0.4 is 9.47 Å². The second-order valence-electron chi connectivity index (χ2n) is 7.11. The summed E-state index contributed by atoms with van der Waals surface area (Å²) < 4.78 is 11.4. The molecule has 152 valence electrons. The molecular formula is C24H23N3O3. The second kappa shape index (κ2) is 7.91. The molecule has 2 heterocycles. The largest absolute Gasteiger partial charge is 0.496 e. The summed E-state index contributed by atoms with van der Waals surface area (Å²) in [6.45, 7) is 0. The molecule has 0 aliphatic heterocycles. The van der Waals surface area contributed by atoms with E-state index in [9.17, 15) is 4.79 Å². The van der Waals surface area contributed by atoms with Crippen LogP contribution in [-0.2, 0) is 0 Å². The van der Waals surface area contributed by atoms with E-state index in [1.807, 2.05) is 48.7 Å². The van der Waals surface area contributed by atoms with Gasteiger partial charge in [0.05, 0.1) is 19.6 Å². The third-order valence-electron chi connectivity index (χ3n) is 5.08. The van der Waals surface area contributed by atoms with Crippen LogP contribution in [-0.4, -0.2) is 49.1 Å². The maximum Gasteiger partial charge on any atom is 0.253 e. The van der Waals surface area contributed by atoms with Crippen molar-refractivity contribution in [1.29, 1.82) is 0 Å². The van der Waals surface area contributed by atoms with Gasteiger partial charge in [0.25, 0.3) is 5.91 Å². The van der Waals surface area contributed by atoms with Gasteiger partial charge in [0.1, 0.15) is 17.1 Å². The number of aromatic nitrogens is 2. The van der Waals surface area contributed by atoms with Gasteiger partial charge < -0.3 is 19.4 Å². The highest BCUT2D eigenvalue weighted by Gasteiger charge is 2.20. The molecule has 4 aromatic rings. The van der Waals surface area contributed by atoms with Crippen molar-refractivity contribution < 1.29 is 14.3 Å². The number of ether oxygens (including phenoxy) is 2. The van der Waals surface area contributed by atoms with E-state index in [0.717, 1.165) is 39.0 Å². The van der Waals surface area contributed by atoms with Crippen LogP contribution in [0, 0.1) is 0 Å². The normalized spacial score (nSPS) is 10.8. The highest BCUT2D eigenvalue weighted by molar-refractivity contribution is 6.03. The summed E-state index contributed by atoms with van der Waals surface area (Å²) in [4.78, 5) is 21.8. The van der Waals surface area contributed by atoms with Crippen molar-refractivity contribution in [2.24, 2.45) is 0 Å². The second-order valence-corrected chi connectivity index (χ2v) is 7.11. The number of amides is 1. The fourth-order valence-electron chi connectivity index (χ4n) is 3.64. The minimum Gasteiger partial charge on any atom is -0.496 e. The molecule has 2 aromatic heterocycles. The Morgan fingerprint density at radius 2 is 1.77 bits per heavy atom. The Morgan fingerprint density at radius 1 is 0.967 bits per heavy atom. The molecule has 1 amide bonds. The van der Waals surface area contributed by atoms with Gasteiger partial charge in [-0.25, -0.2) is 4.98 Å². The van der Waals surface area contributed by atoms with E-state index in [-0.39, 0.29) is 5.91 Å². The molecule has 0 fully saturated rings. The van der Waals surface area contributed by atoms with Gasteiger partial charge in [-0.3, -0.25) is 4.79 Å². The zero-order chi connectivity index (χ0) is 21.3. The first kappa shape index (κ1) is 19.5. The third kappa shape index (κ3) is 3.26. The SMILES string of the molecule is COc1ccccc1-c1c[nH]c2ncc(-c3cccc(C(=O)N(C)C)c3)c(OC)c12. The molecule has 6 nitrogen and oxygen atoms in total. The zero-order valence-corrected chi connectivity index (χ0v) is 17.4. The number of hydrogen-bond donors (Lipinski definition) is 1. The number of H-pyrrole nitrogens is 1. The van der Waals surface area contributed by atoms with E-state index in [1.165, 1.54) is 0 Å². The summed E-state index contributed by atoms with van der Waals surface area (Å²) in [5, 5.41) is 0.865. The molecule has 2 aromatic carbocycles. The lowest BCUT2D eigenvalue weighted by atomic mass is 9.99. The third-order valence-corrected chi connectivity index (χ3v) is 5.08. The molecule has 6 heteroatoms. The topological polar surface area (TPSA) is 67.5 Å². The number of fused-ring (bicyclic) bond motifs is 1. The van der Waals surface area contributed by atoms with Crippen molar-refractivity contribution in [3.63, 3.8) is 0 Å². The molecule has 0 aliphatic rings. The molecule has 0 radical (unpaired) electrons. The van der Waals surface area contributed by atoms with Gasteiger partial charge in [-0.05, 0) is 23.8 Å². The van der Waals surface area contributed by atoms with Gasteiger partial charge >= 0.3 is 0 Å². The number of nitrogens with one attached hydrogen (secondary N) is 1. The van der Waals surface area contributed by atoms with E-state index < -0.39 is 0 Å². The molecule has 30 heavy (non-hydrogen) atoms. The van der Waals surface area contributed by atoms with Gasteiger partial charge in [-0.2, -0.15) is 0 Å². The first-order chi connectivity index (χ1) is 14.5. The van der Waals surface area contributed by atoms with E-state index >= 15 is 0 Å². The Morgan fingerprint density at radius 3 is 2.50 bits per heavy atom. The van der Waals surface area contributed by atoms with Gasteiger partial charge in [0, 0.05) is 48.7 Å². The number of methoxy groups -OCH3 is 2. The average molecular weight is 401 g/mol. The molecule has 0 saturated heterocycles. The summed E-state index contributed by atoms with van der Waals surface area (Å²) in [7, 11) is 6.78. The molecule has 0 unspecified atom stereocenters. The van der Waals surface area contributed by atoms with Crippen LogP contribution in [0.25, 0.3) is 33.3 Å². The highest BCUT2D eigenvalue weighted by Crippen LogP contribution is 2.43. The Balaban J connectivity index is 1.94. The number of benzene rings is 2. The monoisotopic (exact) mass is 401 g/mol. The van der Waals surface area contributed by atoms with Crippen molar-refractivity contribution in [2.75, 3.05) is 28.3 Å². The molecule has 4 rings (SSSR count). The first-order valence-corrected chi connectivity index (χ1v) is 9.54. The number of carbonyl (C=O) groups is 1. The molecular weight excluding hydrogens is 378 g/mol. The van der Waals surface area contributed by atoms with Crippen LogP contribution in [0.15, 0.2) is 60.9 Å². The number of rotatable bonds is 5. The number of pyridine rings is 1. The van der Waals surface area contributed by atoms with Gasteiger partial charge in [-0.1, -0.05) is 30.3 Å².